The maximum atomic E-state index is 4.71. The molecule has 0 aliphatic rings. The van der Waals surface area contributed by atoms with Gasteiger partial charge in [-0.1, -0.05) is 34.6 Å². The SMILES string of the molecule is CC/C(=N\C(C)C(C)C)C(C)C. The van der Waals surface area contributed by atoms with Crippen molar-refractivity contribution in [2.45, 2.75) is 54.0 Å². The summed E-state index contributed by atoms with van der Waals surface area (Å²) in [5.41, 5.74) is 1.36. The molecule has 0 N–H and O–H groups in total. The van der Waals surface area contributed by atoms with E-state index < -0.39 is 0 Å². The highest BCUT2D eigenvalue weighted by Gasteiger charge is 2.08. The van der Waals surface area contributed by atoms with Gasteiger partial charge in [0, 0.05) is 11.8 Å². The van der Waals surface area contributed by atoms with E-state index in [1.54, 1.807) is 0 Å². The van der Waals surface area contributed by atoms with E-state index in [1.807, 2.05) is 0 Å². The van der Waals surface area contributed by atoms with Crippen molar-refractivity contribution in [3.63, 3.8) is 0 Å². The highest BCUT2D eigenvalue weighted by molar-refractivity contribution is 5.86. The molecule has 0 aliphatic carbocycles. The molecule has 0 aromatic rings. The third kappa shape index (κ3) is 3.89. The van der Waals surface area contributed by atoms with Crippen LogP contribution in [0.3, 0.4) is 0 Å². The lowest BCUT2D eigenvalue weighted by Crippen LogP contribution is -2.14. The summed E-state index contributed by atoms with van der Waals surface area (Å²) in [6.45, 7) is 13.3. The molecule has 1 unspecified atom stereocenters. The van der Waals surface area contributed by atoms with Gasteiger partial charge in [-0.3, -0.25) is 4.99 Å². The van der Waals surface area contributed by atoms with Crippen LogP contribution in [0.5, 0.6) is 0 Å². The van der Waals surface area contributed by atoms with Gasteiger partial charge in [-0.15, -0.1) is 0 Å². The monoisotopic (exact) mass is 169 g/mol. The predicted octanol–water partition coefficient (Wildman–Crippen LogP) is 3.54. The molecule has 0 radical (unpaired) electrons. The lowest BCUT2D eigenvalue weighted by Gasteiger charge is -2.15. The summed E-state index contributed by atoms with van der Waals surface area (Å²) < 4.78 is 0. The van der Waals surface area contributed by atoms with E-state index >= 15 is 0 Å². The lowest BCUT2D eigenvalue weighted by molar-refractivity contribution is 0.527. The van der Waals surface area contributed by atoms with Gasteiger partial charge in [-0.25, -0.2) is 0 Å². The van der Waals surface area contributed by atoms with Crippen LogP contribution in [0, 0.1) is 11.8 Å². The second-order valence-corrected chi connectivity index (χ2v) is 4.11. The van der Waals surface area contributed by atoms with E-state index in [0.717, 1.165) is 6.42 Å². The number of hydrogen-bond donors (Lipinski definition) is 0. The first-order chi connectivity index (χ1) is 5.49. The number of rotatable bonds is 4. The first kappa shape index (κ1) is 11.7. The molecule has 0 aromatic carbocycles. The zero-order valence-electron chi connectivity index (χ0n) is 9.39. The molecule has 1 nitrogen and oxygen atoms in total. The van der Waals surface area contributed by atoms with Crippen LogP contribution in [0.25, 0.3) is 0 Å². The Morgan fingerprint density at radius 1 is 1.08 bits per heavy atom. The van der Waals surface area contributed by atoms with Crippen molar-refractivity contribution in [3.8, 4) is 0 Å². The second kappa shape index (κ2) is 5.34. The van der Waals surface area contributed by atoms with Gasteiger partial charge in [0.15, 0.2) is 0 Å². The minimum atomic E-state index is 0.474. The molecule has 0 saturated carbocycles. The molecule has 1 atom stereocenters. The van der Waals surface area contributed by atoms with E-state index in [-0.39, 0.29) is 0 Å². The van der Waals surface area contributed by atoms with Gasteiger partial charge >= 0.3 is 0 Å². The van der Waals surface area contributed by atoms with Gasteiger partial charge in [0.2, 0.25) is 0 Å². The zero-order valence-corrected chi connectivity index (χ0v) is 9.39. The Kier molecular flexibility index (Phi) is 5.19. The molecule has 0 fully saturated rings. The molecule has 0 heterocycles. The molecule has 0 rings (SSSR count). The third-order valence-electron chi connectivity index (χ3n) is 2.36. The van der Waals surface area contributed by atoms with Crippen LogP contribution in [0.1, 0.15) is 48.0 Å². The molecular formula is C11H23N. The first-order valence-electron chi connectivity index (χ1n) is 5.05. The molecule has 0 aliphatic heterocycles. The Hall–Kier alpha value is -0.330. The van der Waals surface area contributed by atoms with Crippen molar-refractivity contribution in [2.75, 3.05) is 0 Å². The summed E-state index contributed by atoms with van der Waals surface area (Å²) in [6, 6.07) is 0.474. The van der Waals surface area contributed by atoms with Gasteiger partial charge in [0.25, 0.3) is 0 Å². The molecule has 72 valence electrons. The van der Waals surface area contributed by atoms with Crippen molar-refractivity contribution in [3.05, 3.63) is 0 Å². The lowest BCUT2D eigenvalue weighted by atomic mass is 10.0. The maximum absolute atomic E-state index is 4.71. The molecule has 0 aromatic heterocycles. The number of nitrogens with zero attached hydrogens (tertiary/aromatic N) is 1. The summed E-state index contributed by atoms with van der Waals surface area (Å²) in [7, 11) is 0. The quantitative estimate of drug-likeness (QED) is 0.571. The van der Waals surface area contributed by atoms with Crippen LogP contribution < -0.4 is 0 Å². The number of hydrogen-bond acceptors (Lipinski definition) is 1. The normalized spacial score (nSPS) is 15.8. The summed E-state index contributed by atoms with van der Waals surface area (Å²) in [5, 5.41) is 0. The van der Waals surface area contributed by atoms with Crippen LogP contribution in [0.4, 0.5) is 0 Å². The highest BCUT2D eigenvalue weighted by Crippen LogP contribution is 2.09. The van der Waals surface area contributed by atoms with E-state index in [4.69, 9.17) is 4.99 Å². The van der Waals surface area contributed by atoms with Crippen LogP contribution in [-0.4, -0.2) is 11.8 Å². The largest absolute Gasteiger partial charge is 0.291 e. The van der Waals surface area contributed by atoms with Crippen molar-refractivity contribution in [2.24, 2.45) is 16.8 Å². The summed E-state index contributed by atoms with van der Waals surface area (Å²) in [4.78, 5) is 4.71. The molecule has 0 amide bonds. The fraction of sp³-hybridized carbons (Fsp3) is 0.909. The van der Waals surface area contributed by atoms with Crippen LogP contribution in [0.2, 0.25) is 0 Å². The Labute approximate surface area is 77.3 Å². The fourth-order valence-electron chi connectivity index (χ4n) is 1.06. The van der Waals surface area contributed by atoms with Crippen LogP contribution in [-0.2, 0) is 0 Å². The van der Waals surface area contributed by atoms with E-state index in [9.17, 15) is 0 Å². The second-order valence-electron chi connectivity index (χ2n) is 4.11. The predicted molar refractivity (Wildman–Crippen MR) is 56.9 cm³/mol. The Balaban J connectivity index is 4.27. The standard InChI is InChI=1S/C11H23N/c1-7-11(9(4)5)12-10(6)8(2)3/h8-10H,7H2,1-6H3/b12-11+. The molecule has 0 bridgehead atoms. The average Bonchev–Trinajstić information content (AvgIpc) is 1.98. The minimum Gasteiger partial charge on any atom is -0.291 e. The fourth-order valence-corrected chi connectivity index (χ4v) is 1.06. The van der Waals surface area contributed by atoms with Gasteiger partial charge in [-0.05, 0) is 25.2 Å². The van der Waals surface area contributed by atoms with Crippen molar-refractivity contribution in [1.29, 1.82) is 0 Å². The highest BCUT2D eigenvalue weighted by atomic mass is 14.8. The average molecular weight is 169 g/mol. The van der Waals surface area contributed by atoms with E-state index in [1.165, 1.54) is 5.71 Å². The molecule has 12 heavy (non-hydrogen) atoms. The third-order valence-corrected chi connectivity index (χ3v) is 2.36. The Morgan fingerprint density at radius 2 is 1.58 bits per heavy atom. The van der Waals surface area contributed by atoms with Gasteiger partial charge in [-0.2, -0.15) is 0 Å². The Morgan fingerprint density at radius 3 is 1.83 bits per heavy atom. The molecular weight excluding hydrogens is 146 g/mol. The van der Waals surface area contributed by atoms with Crippen LogP contribution in [0.15, 0.2) is 4.99 Å². The van der Waals surface area contributed by atoms with Crippen LogP contribution >= 0.6 is 0 Å². The molecule has 0 saturated heterocycles. The van der Waals surface area contributed by atoms with E-state index in [2.05, 4.69) is 41.5 Å². The zero-order chi connectivity index (χ0) is 9.72. The summed E-state index contributed by atoms with van der Waals surface area (Å²) in [6.07, 6.45) is 1.09. The van der Waals surface area contributed by atoms with Crippen molar-refractivity contribution < 1.29 is 0 Å². The maximum Gasteiger partial charge on any atom is 0.0493 e. The van der Waals surface area contributed by atoms with Gasteiger partial charge in [0.05, 0.1) is 0 Å². The number of aliphatic imine (C=N–C) groups is 1. The molecule has 0 spiro atoms. The summed E-state index contributed by atoms with van der Waals surface area (Å²) in [5.74, 6) is 1.27. The Bertz CT molecular complexity index is 145. The summed E-state index contributed by atoms with van der Waals surface area (Å²) >= 11 is 0. The smallest absolute Gasteiger partial charge is 0.0493 e. The minimum absolute atomic E-state index is 0.474. The van der Waals surface area contributed by atoms with Crippen molar-refractivity contribution >= 4 is 5.71 Å². The van der Waals surface area contributed by atoms with Gasteiger partial charge < -0.3 is 0 Å². The van der Waals surface area contributed by atoms with E-state index in [0.29, 0.717) is 17.9 Å². The topological polar surface area (TPSA) is 12.4 Å². The first-order valence-corrected chi connectivity index (χ1v) is 5.05. The molecule has 1 heteroatoms. The van der Waals surface area contributed by atoms with Gasteiger partial charge in [0.1, 0.15) is 0 Å². The van der Waals surface area contributed by atoms with Crippen molar-refractivity contribution in [1.82, 2.24) is 0 Å².